The standard InChI is InChI=1S/C10H22N2O2S/c1-9(13)8-12(2)10(14)11-6-4-5-7-15-3/h9,13H,4-8H2,1-3H3,(H,11,14). The van der Waals surface area contributed by atoms with Gasteiger partial charge in [0.25, 0.3) is 0 Å². The predicted octanol–water partition coefficient (Wildman–Crippen LogP) is 1.15. The van der Waals surface area contributed by atoms with Crippen molar-refractivity contribution in [2.45, 2.75) is 25.9 Å². The predicted molar refractivity (Wildman–Crippen MR) is 65.3 cm³/mol. The lowest BCUT2D eigenvalue weighted by Crippen LogP contribution is -2.41. The van der Waals surface area contributed by atoms with Gasteiger partial charge in [-0.1, -0.05) is 0 Å². The Kier molecular flexibility index (Phi) is 8.61. The first-order valence-electron chi connectivity index (χ1n) is 5.24. The zero-order chi connectivity index (χ0) is 11.7. The van der Waals surface area contributed by atoms with Crippen molar-refractivity contribution in [1.29, 1.82) is 0 Å². The van der Waals surface area contributed by atoms with E-state index in [1.165, 1.54) is 4.90 Å². The first-order valence-corrected chi connectivity index (χ1v) is 6.63. The van der Waals surface area contributed by atoms with Crippen LogP contribution in [-0.4, -0.2) is 54.3 Å². The minimum absolute atomic E-state index is 0.111. The number of likely N-dealkylation sites (N-methyl/N-ethyl adjacent to an activating group) is 1. The van der Waals surface area contributed by atoms with Crippen LogP contribution in [0.3, 0.4) is 0 Å². The molecule has 1 unspecified atom stereocenters. The molecule has 0 spiro atoms. The molecule has 5 heteroatoms. The maximum absolute atomic E-state index is 11.4. The summed E-state index contributed by atoms with van der Waals surface area (Å²) in [6.45, 7) is 2.75. The molecule has 0 aliphatic rings. The fourth-order valence-electron chi connectivity index (χ4n) is 1.18. The maximum Gasteiger partial charge on any atom is 0.317 e. The zero-order valence-electron chi connectivity index (χ0n) is 9.82. The average molecular weight is 234 g/mol. The third kappa shape index (κ3) is 8.57. The van der Waals surface area contributed by atoms with Crippen LogP contribution in [0.1, 0.15) is 19.8 Å². The van der Waals surface area contributed by atoms with Gasteiger partial charge in [-0.05, 0) is 31.8 Å². The molecule has 0 aromatic heterocycles. The van der Waals surface area contributed by atoms with Crippen molar-refractivity contribution in [1.82, 2.24) is 10.2 Å². The van der Waals surface area contributed by atoms with Gasteiger partial charge < -0.3 is 15.3 Å². The second-order valence-corrected chi connectivity index (χ2v) is 4.65. The van der Waals surface area contributed by atoms with E-state index in [1.807, 2.05) is 11.8 Å². The molecule has 2 N–H and O–H groups in total. The molecule has 1 atom stereocenters. The van der Waals surface area contributed by atoms with Crippen molar-refractivity contribution in [3.05, 3.63) is 0 Å². The summed E-state index contributed by atoms with van der Waals surface area (Å²) >= 11 is 1.82. The fourth-order valence-corrected chi connectivity index (χ4v) is 1.67. The second-order valence-electron chi connectivity index (χ2n) is 3.66. The van der Waals surface area contributed by atoms with Crippen molar-refractivity contribution < 1.29 is 9.90 Å². The summed E-state index contributed by atoms with van der Waals surface area (Å²) in [6, 6.07) is -0.111. The molecule has 0 saturated carbocycles. The molecule has 0 saturated heterocycles. The Morgan fingerprint density at radius 1 is 1.53 bits per heavy atom. The molecule has 0 heterocycles. The average Bonchev–Trinajstić information content (AvgIpc) is 2.16. The number of urea groups is 1. The summed E-state index contributed by atoms with van der Waals surface area (Å²) in [7, 11) is 1.68. The molecule has 0 aromatic carbocycles. The van der Waals surface area contributed by atoms with Gasteiger partial charge in [0.1, 0.15) is 0 Å². The Morgan fingerprint density at radius 3 is 2.73 bits per heavy atom. The first-order chi connectivity index (χ1) is 7.07. The van der Waals surface area contributed by atoms with E-state index in [4.69, 9.17) is 5.11 Å². The highest BCUT2D eigenvalue weighted by atomic mass is 32.2. The Balaban J connectivity index is 3.47. The third-order valence-corrected chi connectivity index (χ3v) is 2.63. The number of hydrogen-bond acceptors (Lipinski definition) is 3. The summed E-state index contributed by atoms with van der Waals surface area (Å²) in [5.41, 5.74) is 0. The number of aliphatic hydroxyl groups is 1. The van der Waals surface area contributed by atoms with Gasteiger partial charge in [-0.3, -0.25) is 0 Å². The van der Waals surface area contributed by atoms with Gasteiger partial charge in [-0.15, -0.1) is 0 Å². The van der Waals surface area contributed by atoms with Crippen LogP contribution in [0.2, 0.25) is 0 Å². The van der Waals surface area contributed by atoms with Crippen LogP contribution in [-0.2, 0) is 0 Å². The lowest BCUT2D eigenvalue weighted by Gasteiger charge is -2.19. The van der Waals surface area contributed by atoms with Crippen LogP contribution in [0.25, 0.3) is 0 Å². The van der Waals surface area contributed by atoms with Gasteiger partial charge in [-0.25, -0.2) is 4.79 Å². The lowest BCUT2D eigenvalue weighted by atomic mass is 10.3. The number of thioether (sulfide) groups is 1. The molecular weight excluding hydrogens is 212 g/mol. The van der Waals surface area contributed by atoms with Crippen molar-refractivity contribution in [2.75, 3.05) is 32.1 Å². The summed E-state index contributed by atoms with van der Waals surface area (Å²) in [4.78, 5) is 12.9. The highest BCUT2D eigenvalue weighted by Crippen LogP contribution is 1.98. The van der Waals surface area contributed by atoms with Crippen molar-refractivity contribution >= 4 is 17.8 Å². The molecule has 0 bridgehead atoms. The topological polar surface area (TPSA) is 52.6 Å². The van der Waals surface area contributed by atoms with E-state index in [9.17, 15) is 4.79 Å². The molecule has 0 aromatic rings. The van der Waals surface area contributed by atoms with Gasteiger partial charge in [-0.2, -0.15) is 11.8 Å². The maximum atomic E-state index is 11.4. The molecular formula is C10H22N2O2S. The number of carbonyl (C=O) groups is 1. The minimum atomic E-state index is -0.475. The van der Waals surface area contributed by atoms with E-state index in [0.29, 0.717) is 13.1 Å². The summed E-state index contributed by atoms with van der Waals surface area (Å²) in [6.07, 6.45) is 3.74. The quantitative estimate of drug-likeness (QED) is 0.650. The van der Waals surface area contributed by atoms with Crippen LogP contribution in [0, 0.1) is 0 Å². The molecule has 15 heavy (non-hydrogen) atoms. The van der Waals surface area contributed by atoms with E-state index in [2.05, 4.69) is 11.6 Å². The summed E-state index contributed by atoms with van der Waals surface area (Å²) in [5, 5.41) is 11.9. The van der Waals surface area contributed by atoms with Crippen LogP contribution in [0.15, 0.2) is 0 Å². The number of carbonyl (C=O) groups excluding carboxylic acids is 1. The Morgan fingerprint density at radius 2 is 2.20 bits per heavy atom. The van der Waals surface area contributed by atoms with Gasteiger partial charge in [0.2, 0.25) is 0 Å². The molecule has 4 nitrogen and oxygen atoms in total. The molecule has 0 aliphatic carbocycles. The number of unbranched alkanes of at least 4 members (excludes halogenated alkanes) is 1. The Labute approximate surface area is 96.4 Å². The van der Waals surface area contributed by atoms with Crippen LogP contribution < -0.4 is 5.32 Å². The SMILES string of the molecule is CSCCCCNC(=O)N(C)CC(C)O. The lowest BCUT2D eigenvalue weighted by molar-refractivity contribution is 0.144. The number of nitrogens with one attached hydrogen (secondary N) is 1. The van der Waals surface area contributed by atoms with E-state index < -0.39 is 6.10 Å². The first kappa shape index (κ1) is 14.6. The van der Waals surface area contributed by atoms with Crippen LogP contribution in [0.4, 0.5) is 4.79 Å². The number of rotatable bonds is 7. The minimum Gasteiger partial charge on any atom is -0.392 e. The number of aliphatic hydroxyl groups excluding tert-OH is 1. The van der Waals surface area contributed by atoms with Crippen molar-refractivity contribution in [3.8, 4) is 0 Å². The molecule has 2 amide bonds. The molecule has 0 radical (unpaired) electrons. The monoisotopic (exact) mass is 234 g/mol. The van der Waals surface area contributed by atoms with Crippen molar-refractivity contribution in [3.63, 3.8) is 0 Å². The van der Waals surface area contributed by atoms with E-state index in [1.54, 1.807) is 14.0 Å². The zero-order valence-corrected chi connectivity index (χ0v) is 10.6. The smallest absolute Gasteiger partial charge is 0.317 e. The number of nitrogens with zero attached hydrogens (tertiary/aromatic N) is 1. The summed E-state index contributed by atoms with van der Waals surface area (Å²) < 4.78 is 0. The van der Waals surface area contributed by atoms with Gasteiger partial charge in [0, 0.05) is 20.1 Å². The highest BCUT2D eigenvalue weighted by molar-refractivity contribution is 7.98. The van der Waals surface area contributed by atoms with Gasteiger partial charge >= 0.3 is 6.03 Å². The van der Waals surface area contributed by atoms with E-state index >= 15 is 0 Å². The molecule has 0 aliphatic heterocycles. The summed E-state index contributed by atoms with van der Waals surface area (Å²) in [5.74, 6) is 1.14. The van der Waals surface area contributed by atoms with E-state index in [0.717, 1.165) is 18.6 Å². The number of amides is 2. The third-order valence-electron chi connectivity index (χ3n) is 1.94. The Hall–Kier alpha value is -0.420. The molecule has 0 rings (SSSR count). The van der Waals surface area contributed by atoms with Crippen molar-refractivity contribution in [2.24, 2.45) is 0 Å². The van der Waals surface area contributed by atoms with Gasteiger partial charge in [0.15, 0.2) is 0 Å². The van der Waals surface area contributed by atoms with Crippen LogP contribution >= 0.6 is 11.8 Å². The fraction of sp³-hybridized carbons (Fsp3) is 0.900. The largest absolute Gasteiger partial charge is 0.392 e. The molecule has 90 valence electrons. The highest BCUT2D eigenvalue weighted by Gasteiger charge is 2.09. The van der Waals surface area contributed by atoms with E-state index in [-0.39, 0.29) is 6.03 Å². The number of hydrogen-bond donors (Lipinski definition) is 2. The van der Waals surface area contributed by atoms with Crippen LogP contribution in [0.5, 0.6) is 0 Å². The second kappa shape index (κ2) is 8.85. The van der Waals surface area contributed by atoms with Gasteiger partial charge in [0.05, 0.1) is 6.10 Å². The molecule has 0 fully saturated rings. The normalized spacial score (nSPS) is 12.3. The Bertz CT molecular complexity index is 177.